The zero-order chi connectivity index (χ0) is 13.6. The summed E-state index contributed by atoms with van der Waals surface area (Å²) in [7, 11) is 2.61. The van der Waals surface area contributed by atoms with Crippen LogP contribution in [-0.4, -0.2) is 19.3 Å². The quantitative estimate of drug-likeness (QED) is 0.910. The summed E-state index contributed by atoms with van der Waals surface area (Å²) in [5, 5.41) is 9.93. The second-order valence-electron chi connectivity index (χ2n) is 4.28. The summed E-state index contributed by atoms with van der Waals surface area (Å²) in [4.78, 5) is 0. The Balaban J connectivity index is 2.62. The predicted molar refractivity (Wildman–Crippen MR) is 57.7 cm³/mol. The largest absolute Gasteiger partial charge is 0.493 e. The minimum atomic E-state index is -4.53. The molecule has 1 N–H and O–H groups in total. The zero-order valence-corrected chi connectivity index (χ0v) is 9.97. The molecule has 0 bridgehead atoms. The van der Waals surface area contributed by atoms with Gasteiger partial charge in [-0.25, -0.2) is 0 Å². The van der Waals surface area contributed by atoms with E-state index in [0.717, 1.165) is 6.07 Å². The maximum Gasteiger partial charge on any atom is 0.416 e. The van der Waals surface area contributed by atoms with Gasteiger partial charge in [0.25, 0.3) is 0 Å². The third-order valence-electron chi connectivity index (χ3n) is 3.05. The Bertz CT molecular complexity index is 432. The topological polar surface area (TPSA) is 38.7 Å². The molecule has 1 aliphatic rings. The number of halogens is 3. The highest BCUT2D eigenvalue weighted by Gasteiger charge is 2.48. The van der Waals surface area contributed by atoms with Crippen LogP contribution >= 0.6 is 0 Å². The summed E-state index contributed by atoms with van der Waals surface area (Å²) in [6.07, 6.45) is -3.88. The second kappa shape index (κ2) is 4.05. The molecule has 3 nitrogen and oxygen atoms in total. The number of methoxy groups -OCH3 is 2. The van der Waals surface area contributed by atoms with Crippen LogP contribution in [0, 0.1) is 0 Å². The summed E-state index contributed by atoms with van der Waals surface area (Å²) in [6, 6.07) is 2.07. The third kappa shape index (κ3) is 2.12. The van der Waals surface area contributed by atoms with E-state index in [-0.39, 0.29) is 17.1 Å². The molecule has 0 heterocycles. The minimum Gasteiger partial charge on any atom is -0.493 e. The SMILES string of the molecule is COc1cc(C(F)(F)F)c(C2(O)CC2)cc1OC. The lowest BCUT2D eigenvalue weighted by Crippen LogP contribution is -2.16. The Labute approximate surface area is 102 Å². The highest BCUT2D eigenvalue weighted by atomic mass is 19.4. The maximum atomic E-state index is 13.0. The van der Waals surface area contributed by atoms with Gasteiger partial charge < -0.3 is 14.6 Å². The molecule has 1 saturated carbocycles. The van der Waals surface area contributed by atoms with Gasteiger partial charge in [0.15, 0.2) is 11.5 Å². The molecule has 0 atom stereocenters. The first kappa shape index (κ1) is 13.0. The van der Waals surface area contributed by atoms with E-state index in [0.29, 0.717) is 12.8 Å². The predicted octanol–water partition coefficient (Wildman–Crippen LogP) is 2.70. The molecule has 0 aromatic heterocycles. The fourth-order valence-electron chi connectivity index (χ4n) is 1.89. The van der Waals surface area contributed by atoms with Gasteiger partial charge >= 0.3 is 6.18 Å². The molecular formula is C12H13F3O3. The molecule has 0 aliphatic heterocycles. The van der Waals surface area contributed by atoms with Crippen LogP contribution in [0.25, 0.3) is 0 Å². The van der Waals surface area contributed by atoms with Crippen molar-refractivity contribution in [2.75, 3.05) is 14.2 Å². The monoisotopic (exact) mass is 262 g/mol. The first-order valence-electron chi connectivity index (χ1n) is 5.38. The van der Waals surface area contributed by atoms with Crippen molar-refractivity contribution in [3.05, 3.63) is 23.3 Å². The molecule has 2 rings (SSSR count). The summed E-state index contributed by atoms with van der Waals surface area (Å²) in [5.74, 6) is 0.179. The lowest BCUT2D eigenvalue weighted by Gasteiger charge is -2.19. The smallest absolute Gasteiger partial charge is 0.416 e. The van der Waals surface area contributed by atoms with E-state index in [1.54, 1.807) is 0 Å². The van der Waals surface area contributed by atoms with E-state index >= 15 is 0 Å². The van der Waals surface area contributed by atoms with Gasteiger partial charge in [0.05, 0.1) is 25.4 Å². The van der Waals surface area contributed by atoms with Crippen LogP contribution in [0.3, 0.4) is 0 Å². The number of hydrogen-bond acceptors (Lipinski definition) is 3. The number of benzene rings is 1. The number of alkyl halides is 3. The molecule has 1 aromatic carbocycles. The first-order chi connectivity index (χ1) is 8.31. The van der Waals surface area contributed by atoms with Gasteiger partial charge in [0, 0.05) is 0 Å². The van der Waals surface area contributed by atoms with E-state index in [2.05, 4.69) is 0 Å². The highest BCUT2D eigenvalue weighted by Crippen LogP contribution is 2.52. The highest BCUT2D eigenvalue weighted by molar-refractivity contribution is 5.51. The van der Waals surface area contributed by atoms with Gasteiger partial charge in [-0.3, -0.25) is 0 Å². The minimum absolute atomic E-state index is 0.00201. The van der Waals surface area contributed by atoms with Gasteiger partial charge in [0.1, 0.15) is 0 Å². The molecule has 0 amide bonds. The Morgan fingerprint density at radius 1 is 1.11 bits per heavy atom. The van der Waals surface area contributed by atoms with Crippen LogP contribution in [0.1, 0.15) is 24.0 Å². The number of hydrogen-bond donors (Lipinski definition) is 1. The van der Waals surface area contributed by atoms with Crippen molar-refractivity contribution in [3.8, 4) is 11.5 Å². The van der Waals surface area contributed by atoms with Crippen molar-refractivity contribution in [2.24, 2.45) is 0 Å². The van der Waals surface area contributed by atoms with Gasteiger partial charge in [-0.2, -0.15) is 13.2 Å². The van der Waals surface area contributed by atoms with Crippen molar-refractivity contribution in [2.45, 2.75) is 24.6 Å². The van der Waals surface area contributed by atoms with Gasteiger partial charge in [0.2, 0.25) is 0 Å². The van der Waals surface area contributed by atoms with Gasteiger partial charge in [-0.15, -0.1) is 0 Å². The Morgan fingerprint density at radius 3 is 2.00 bits per heavy atom. The fourth-order valence-corrected chi connectivity index (χ4v) is 1.89. The van der Waals surface area contributed by atoms with E-state index in [1.165, 1.54) is 20.3 Å². The van der Waals surface area contributed by atoms with E-state index in [9.17, 15) is 18.3 Å². The molecule has 0 unspecified atom stereocenters. The normalized spacial score (nSPS) is 17.4. The lowest BCUT2D eigenvalue weighted by molar-refractivity contribution is -0.139. The number of aliphatic hydroxyl groups is 1. The van der Waals surface area contributed by atoms with Crippen molar-refractivity contribution >= 4 is 0 Å². The summed E-state index contributed by atoms with van der Waals surface area (Å²) < 4.78 is 48.7. The van der Waals surface area contributed by atoms with Crippen molar-refractivity contribution in [1.82, 2.24) is 0 Å². The Morgan fingerprint density at radius 2 is 1.61 bits per heavy atom. The van der Waals surface area contributed by atoms with Gasteiger partial charge in [-0.1, -0.05) is 0 Å². The summed E-state index contributed by atoms with van der Waals surface area (Å²) in [5.41, 5.74) is -2.41. The lowest BCUT2D eigenvalue weighted by atomic mass is 9.99. The maximum absolute atomic E-state index is 13.0. The second-order valence-corrected chi connectivity index (χ2v) is 4.28. The van der Waals surface area contributed by atoms with E-state index < -0.39 is 17.3 Å². The van der Waals surface area contributed by atoms with Crippen LogP contribution < -0.4 is 9.47 Å². The summed E-state index contributed by atoms with van der Waals surface area (Å²) in [6.45, 7) is 0. The average molecular weight is 262 g/mol. The third-order valence-corrected chi connectivity index (χ3v) is 3.05. The molecule has 100 valence electrons. The summed E-state index contributed by atoms with van der Waals surface area (Å²) >= 11 is 0. The van der Waals surface area contributed by atoms with Crippen LogP contribution in [-0.2, 0) is 11.8 Å². The van der Waals surface area contributed by atoms with Crippen molar-refractivity contribution in [1.29, 1.82) is 0 Å². The van der Waals surface area contributed by atoms with Crippen LogP contribution in [0.15, 0.2) is 12.1 Å². The van der Waals surface area contributed by atoms with Crippen molar-refractivity contribution < 1.29 is 27.8 Å². The standard InChI is InChI=1S/C12H13F3O3/c1-17-9-5-7(11(16)3-4-11)8(12(13,14)15)6-10(9)18-2/h5-6,16H,3-4H2,1-2H3. The first-order valence-corrected chi connectivity index (χ1v) is 5.38. The molecule has 0 radical (unpaired) electrons. The Kier molecular flexibility index (Phi) is 2.93. The van der Waals surface area contributed by atoms with E-state index in [4.69, 9.17) is 9.47 Å². The molecule has 6 heteroatoms. The number of ether oxygens (including phenoxy) is 2. The molecule has 1 aliphatic carbocycles. The van der Waals surface area contributed by atoms with E-state index in [1.807, 2.05) is 0 Å². The zero-order valence-electron chi connectivity index (χ0n) is 9.97. The fraction of sp³-hybridized carbons (Fsp3) is 0.500. The average Bonchev–Trinajstić information content (AvgIpc) is 3.05. The molecular weight excluding hydrogens is 249 g/mol. The van der Waals surface area contributed by atoms with Crippen LogP contribution in [0.5, 0.6) is 11.5 Å². The molecule has 1 fully saturated rings. The molecule has 0 saturated heterocycles. The van der Waals surface area contributed by atoms with Gasteiger partial charge in [-0.05, 0) is 30.5 Å². The Hall–Kier alpha value is -1.43. The molecule has 18 heavy (non-hydrogen) atoms. The molecule has 1 aromatic rings. The van der Waals surface area contributed by atoms with Crippen LogP contribution in [0.4, 0.5) is 13.2 Å². The van der Waals surface area contributed by atoms with Crippen molar-refractivity contribution in [3.63, 3.8) is 0 Å². The van der Waals surface area contributed by atoms with Crippen LogP contribution in [0.2, 0.25) is 0 Å². The number of rotatable bonds is 3. The molecule has 0 spiro atoms.